The fourth-order valence-electron chi connectivity index (χ4n) is 1.74. The van der Waals surface area contributed by atoms with E-state index in [0.29, 0.717) is 11.8 Å². The number of esters is 1. The monoisotopic (exact) mass is 360 g/mol. The fourth-order valence-corrected chi connectivity index (χ4v) is 2.23. The van der Waals surface area contributed by atoms with Crippen LogP contribution in [-0.2, 0) is 25.3 Å². The third kappa shape index (κ3) is 5.84. The number of ketones is 1. The number of thioether (sulfide) groups is 1. The number of hydrogen-bond acceptors (Lipinski definition) is 5. The number of ether oxygens (including phenoxy) is 1. The van der Waals surface area contributed by atoms with Crippen molar-refractivity contribution in [2.24, 2.45) is 0 Å². The minimum Gasteiger partial charge on any atom is -0.462 e. The molecular weight excluding hydrogens is 345 g/mol. The zero-order valence-electron chi connectivity index (χ0n) is 13.0. The van der Waals surface area contributed by atoms with Gasteiger partial charge in [-0.05, 0) is 24.6 Å². The van der Waals surface area contributed by atoms with E-state index in [1.807, 2.05) is 0 Å². The number of carbonyl (C=O) groups is 3. The highest BCUT2D eigenvalue weighted by atomic mass is 32.2. The molecule has 1 aromatic carbocycles. The van der Waals surface area contributed by atoms with Crippen LogP contribution in [0.2, 0.25) is 0 Å². The van der Waals surface area contributed by atoms with Gasteiger partial charge in [-0.25, -0.2) is 4.79 Å². The van der Waals surface area contributed by atoms with Gasteiger partial charge in [-0.1, -0.05) is 30.0 Å². The predicted octanol–water partition coefficient (Wildman–Crippen LogP) is 3.50. The molecule has 4 nitrogen and oxygen atoms in total. The molecule has 0 saturated carbocycles. The molecule has 8 heteroatoms. The minimum atomic E-state index is -4.63. The smallest absolute Gasteiger partial charge is 0.416 e. The highest BCUT2D eigenvalue weighted by molar-refractivity contribution is 8.14. The van der Waals surface area contributed by atoms with Crippen LogP contribution in [0.25, 0.3) is 6.08 Å². The molecule has 0 unspecified atom stereocenters. The molecule has 0 bridgehead atoms. The summed E-state index contributed by atoms with van der Waals surface area (Å²) in [7, 11) is 0. The summed E-state index contributed by atoms with van der Waals surface area (Å²) in [5, 5.41) is -0.345. The van der Waals surface area contributed by atoms with Crippen molar-refractivity contribution in [3.05, 3.63) is 41.0 Å². The first-order chi connectivity index (χ1) is 11.2. The molecule has 0 aliphatic carbocycles. The maximum atomic E-state index is 13.0. The molecule has 0 aliphatic rings. The molecule has 0 aliphatic heterocycles. The molecule has 0 atom stereocenters. The lowest BCUT2D eigenvalue weighted by molar-refractivity contribution is -0.140. The van der Waals surface area contributed by atoms with Crippen molar-refractivity contribution in [2.75, 3.05) is 12.4 Å². The van der Waals surface area contributed by atoms with E-state index in [1.165, 1.54) is 26.0 Å². The molecule has 0 heterocycles. The molecule has 130 valence electrons. The average molecular weight is 360 g/mol. The van der Waals surface area contributed by atoms with E-state index in [9.17, 15) is 27.6 Å². The Bertz CT molecular complexity index is 666. The Labute approximate surface area is 141 Å². The van der Waals surface area contributed by atoms with Crippen LogP contribution in [0.3, 0.4) is 0 Å². The molecule has 0 N–H and O–H groups in total. The number of alkyl halides is 3. The van der Waals surface area contributed by atoms with Crippen molar-refractivity contribution in [3.63, 3.8) is 0 Å². The summed E-state index contributed by atoms with van der Waals surface area (Å²) in [5.41, 5.74) is -1.82. The van der Waals surface area contributed by atoms with Gasteiger partial charge in [0.15, 0.2) is 10.9 Å². The Morgan fingerprint density at radius 2 is 1.83 bits per heavy atom. The Kier molecular flexibility index (Phi) is 7.21. The standard InChI is InChI=1S/C16H15F3O4S/c1-3-23-15(22)12(14(21)9-24-10(2)20)8-11-6-4-5-7-13(11)16(17,18)19/h4-8H,3,9H2,1-2H3/b12-8+. The van der Waals surface area contributed by atoms with Gasteiger partial charge in [-0.15, -0.1) is 0 Å². The van der Waals surface area contributed by atoms with Gasteiger partial charge in [-0.3, -0.25) is 9.59 Å². The Balaban J connectivity index is 3.29. The molecule has 0 amide bonds. The van der Waals surface area contributed by atoms with Crippen molar-refractivity contribution in [3.8, 4) is 0 Å². The van der Waals surface area contributed by atoms with E-state index < -0.39 is 29.1 Å². The summed E-state index contributed by atoms with van der Waals surface area (Å²) in [5.74, 6) is -2.15. The maximum absolute atomic E-state index is 13.0. The maximum Gasteiger partial charge on any atom is 0.416 e. The van der Waals surface area contributed by atoms with Crippen LogP contribution < -0.4 is 0 Å². The molecule has 0 saturated heterocycles. The lowest BCUT2D eigenvalue weighted by atomic mass is 10.0. The molecule has 1 rings (SSSR count). The van der Waals surface area contributed by atoms with Crippen molar-refractivity contribution >= 4 is 34.7 Å². The Morgan fingerprint density at radius 3 is 2.38 bits per heavy atom. The van der Waals surface area contributed by atoms with Crippen molar-refractivity contribution in [1.29, 1.82) is 0 Å². The second-order valence-electron chi connectivity index (χ2n) is 4.57. The number of halogens is 3. The van der Waals surface area contributed by atoms with E-state index in [4.69, 9.17) is 4.74 Å². The molecule has 0 radical (unpaired) electrons. The average Bonchev–Trinajstić information content (AvgIpc) is 2.49. The van der Waals surface area contributed by atoms with Crippen LogP contribution in [0, 0.1) is 0 Å². The zero-order chi connectivity index (χ0) is 18.3. The third-order valence-electron chi connectivity index (χ3n) is 2.77. The van der Waals surface area contributed by atoms with E-state index in [-0.39, 0.29) is 23.0 Å². The minimum absolute atomic E-state index is 0.0375. The topological polar surface area (TPSA) is 60.4 Å². The van der Waals surface area contributed by atoms with E-state index >= 15 is 0 Å². The first-order valence-electron chi connectivity index (χ1n) is 6.88. The largest absolute Gasteiger partial charge is 0.462 e. The second-order valence-corrected chi connectivity index (χ2v) is 5.72. The number of hydrogen-bond donors (Lipinski definition) is 0. The van der Waals surface area contributed by atoms with Gasteiger partial charge in [-0.2, -0.15) is 13.2 Å². The van der Waals surface area contributed by atoms with Crippen LogP contribution in [0.5, 0.6) is 0 Å². The Morgan fingerprint density at radius 1 is 1.21 bits per heavy atom. The van der Waals surface area contributed by atoms with Gasteiger partial charge in [0.25, 0.3) is 0 Å². The van der Waals surface area contributed by atoms with Gasteiger partial charge in [0.1, 0.15) is 5.57 Å². The van der Waals surface area contributed by atoms with Gasteiger partial charge < -0.3 is 4.74 Å². The first-order valence-corrected chi connectivity index (χ1v) is 7.87. The van der Waals surface area contributed by atoms with Crippen LogP contribution >= 0.6 is 11.8 Å². The fraction of sp³-hybridized carbons (Fsp3) is 0.312. The Hall–Kier alpha value is -2.09. The summed E-state index contributed by atoms with van der Waals surface area (Å²) < 4.78 is 43.8. The first kappa shape index (κ1) is 20.0. The summed E-state index contributed by atoms with van der Waals surface area (Å²) in [6.45, 7) is 2.71. The highest BCUT2D eigenvalue weighted by Gasteiger charge is 2.33. The number of carbonyl (C=O) groups excluding carboxylic acids is 3. The lowest BCUT2D eigenvalue weighted by Crippen LogP contribution is -2.18. The molecule has 0 fully saturated rings. The van der Waals surface area contributed by atoms with Gasteiger partial charge in [0, 0.05) is 6.92 Å². The molecule has 0 spiro atoms. The molecule has 1 aromatic rings. The SMILES string of the molecule is CCOC(=O)/C(=C/c1ccccc1C(F)(F)F)C(=O)CSC(C)=O. The molecular formula is C16H15F3O4S. The van der Waals surface area contributed by atoms with E-state index in [0.717, 1.165) is 18.2 Å². The zero-order valence-corrected chi connectivity index (χ0v) is 13.8. The van der Waals surface area contributed by atoms with Gasteiger partial charge >= 0.3 is 12.1 Å². The van der Waals surface area contributed by atoms with Crippen LogP contribution in [0.1, 0.15) is 25.0 Å². The number of Topliss-reactive ketones (excluding diaryl/α,β-unsaturated/α-hetero) is 1. The van der Waals surface area contributed by atoms with Crippen LogP contribution in [0.15, 0.2) is 29.8 Å². The van der Waals surface area contributed by atoms with Gasteiger partial charge in [0.05, 0.1) is 17.9 Å². The highest BCUT2D eigenvalue weighted by Crippen LogP contribution is 2.33. The summed E-state index contributed by atoms with van der Waals surface area (Å²) >= 11 is 0.664. The number of rotatable bonds is 6. The van der Waals surface area contributed by atoms with E-state index in [2.05, 4.69) is 0 Å². The number of benzene rings is 1. The summed E-state index contributed by atoms with van der Waals surface area (Å²) in [6, 6.07) is 4.56. The van der Waals surface area contributed by atoms with Gasteiger partial charge in [0.2, 0.25) is 0 Å². The quantitative estimate of drug-likeness (QED) is 0.336. The molecule has 0 aromatic heterocycles. The third-order valence-corrected chi connectivity index (χ3v) is 3.58. The molecule has 24 heavy (non-hydrogen) atoms. The van der Waals surface area contributed by atoms with Crippen LogP contribution in [-0.4, -0.2) is 29.2 Å². The van der Waals surface area contributed by atoms with E-state index in [1.54, 1.807) is 0 Å². The van der Waals surface area contributed by atoms with Crippen molar-refractivity contribution in [2.45, 2.75) is 20.0 Å². The second kappa shape index (κ2) is 8.68. The normalized spacial score (nSPS) is 12.0. The van der Waals surface area contributed by atoms with Crippen molar-refractivity contribution in [1.82, 2.24) is 0 Å². The predicted molar refractivity (Wildman–Crippen MR) is 84.2 cm³/mol. The summed E-state index contributed by atoms with van der Waals surface area (Å²) in [6.07, 6.45) is -3.78. The van der Waals surface area contributed by atoms with Crippen molar-refractivity contribution < 1.29 is 32.3 Å². The summed E-state index contributed by atoms with van der Waals surface area (Å²) in [4.78, 5) is 35.0. The van der Waals surface area contributed by atoms with Crippen LogP contribution in [0.4, 0.5) is 13.2 Å². The lowest BCUT2D eigenvalue weighted by Gasteiger charge is -2.11.